The minimum absolute atomic E-state index is 0.0789. The summed E-state index contributed by atoms with van der Waals surface area (Å²) in [7, 11) is 3.98. The van der Waals surface area contributed by atoms with Crippen molar-refractivity contribution in [2.24, 2.45) is 0 Å². The van der Waals surface area contributed by atoms with Crippen molar-refractivity contribution in [2.45, 2.75) is 45.8 Å². The van der Waals surface area contributed by atoms with Gasteiger partial charge in [0.25, 0.3) is 0 Å². The molecule has 4 rings (SSSR count). The number of thiophene rings is 1. The zero-order chi connectivity index (χ0) is 30.3. The van der Waals surface area contributed by atoms with Gasteiger partial charge in [-0.2, -0.15) is 0 Å². The number of rotatable bonds is 11. The first kappa shape index (κ1) is 30.8. The fourth-order valence-corrected chi connectivity index (χ4v) is 4.95. The van der Waals surface area contributed by atoms with E-state index in [0.29, 0.717) is 47.2 Å². The van der Waals surface area contributed by atoms with Gasteiger partial charge in [0, 0.05) is 42.8 Å². The molecule has 12 heteroatoms. The van der Waals surface area contributed by atoms with Crippen LogP contribution in [-0.2, 0) is 17.7 Å². The van der Waals surface area contributed by atoms with Gasteiger partial charge in [0.05, 0.1) is 5.69 Å². The number of aromatic nitrogens is 1. The number of Topliss-reactive ketones (excluding diaryl/α,β-unsaturated/α-hetero) is 1. The number of carbonyl (C=O) groups excluding carboxylic acids is 3. The molecule has 1 aliphatic heterocycles. The van der Waals surface area contributed by atoms with E-state index in [-0.39, 0.29) is 25.0 Å². The molecule has 2 N–H and O–H groups in total. The molecule has 42 heavy (non-hydrogen) atoms. The number of benzene rings is 1. The van der Waals surface area contributed by atoms with E-state index in [1.54, 1.807) is 67.6 Å². The average Bonchev–Trinajstić information content (AvgIpc) is 3.56. The van der Waals surface area contributed by atoms with Crippen molar-refractivity contribution in [1.82, 2.24) is 14.8 Å². The molecule has 2 aromatic heterocycles. The smallest absolute Gasteiger partial charge is 0.412 e. The van der Waals surface area contributed by atoms with Crippen LogP contribution < -0.4 is 20.1 Å². The molecular formula is C30H37N5O6S. The number of amides is 3. The lowest BCUT2D eigenvalue weighted by atomic mass is 10.1. The zero-order valence-electron chi connectivity index (χ0n) is 24.6. The molecule has 0 bridgehead atoms. The molecule has 224 valence electrons. The molecule has 1 aromatic carbocycles. The first-order valence-corrected chi connectivity index (χ1v) is 14.5. The Morgan fingerprint density at radius 3 is 2.52 bits per heavy atom. The maximum Gasteiger partial charge on any atom is 0.412 e. The number of nitrogens with one attached hydrogen (secondary N) is 2. The van der Waals surface area contributed by atoms with Crippen LogP contribution >= 0.6 is 11.3 Å². The number of anilines is 2. The fourth-order valence-electron chi connectivity index (χ4n) is 4.16. The van der Waals surface area contributed by atoms with Crippen molar-refractivity contribution in [1.29, 1.82) is 0 Å². The van der Waals surface area contributed by atoms with Crippen molar-refractivity contribution in [3.05, 3.63) is 64.1 Å². The Kier molecular flexibility index (Phi) is 10.0. The van der Waals surface area contributed by atoms with Gasteiger partial charge in [-0.05, 0) is 82.5 Å². The highest BCUT2D eigenvalue weighted by Crippen LogP contribution is 2.34. The minimum atomic E-state index is -0.629. The molecule has 0 atom stereocenters. The Hall–Kier alpha value is -4.16. The Morgan fingerprint density at radius 1 is 1.02 bits per heavy atom. The molecule has 3 heterocycles. The Labute approximate surface area is 249 Å². The van der Waals surface area contributed by atoms with Crippen molar-refractivity contribution in [3.63, 3.8) is 0 Å². The van der Waals surface area contributed by atoms with Crippen molar-refractivity contribution >= 4 is 40.6 Å². The van der Waals surface area contributed by atoms with E-state index in [2.05, 4.69) is 20.5 Å². The predicted octanol–water partition coefficient (Wildman–Crippen LogP) is 5.63. The van der Waals surface area contributed by atoms with Crippen molar-refractivity contribution < 1.29 is 28.6 Å². The van der Waals surface area contributed by atoms with Crippen LogP contribution in [0.4, 0.5) is 21.0 Å². The summed E-state index contributed by atoms with van der Waals surface area (Å²) in [6.45, 7) is 7.19. The molecule has 0 saturated carbocycles. The van der Waals surface area contributed by atoms with Gasteiger partial charge in [-0.15, -0.1) is 11.3 Å². The minimum Gasteiger partial charge on any atom is -0.454 e. The number of ketones is 1. The number of nitrogens with zero attached hydrogens (tertiary/aromatic N) is 3. The summed E-state index contributed by atoms with van der Waals surface area (Å²) in [6.07, 6.45) is 1.91. The predicted molar refractivity (Wildman–Crippen MR) is 162 cm³/mol. The SMILES string of the molecule is CN(C)CCCN(Cc1ccc(C(=O)Cc2cscc2NC(=O)OC(C)(C)C)nc1)C(=O)Nc1ccc2c(c1)OCO2. The largest absolute Gasteiger partial charge is 0.454 e. The third-order valence-electron chi connectivity index (χ3n) is 6.16. The first-order valence-electron chi connectivity index (χ1n) is 13.6. The monoisotopic (exact) mass is 595 g/mol. The van der Waals surface area contributed by atoms with E-state index in [0.717, 1.165) is 18.5 Å². The molecule has 1 aliphatic rings. The maximum absolute atomic E-state index is 13.2. The second-order valence-corrected chi connectivity index (χ2v) is 11.9. The van der Waals surface area contributed by atoms with E-state index in [4.69, 9.17) is 14.2 Å². The number of fused-ring (bicyclic) bond motifs is 1. The molecular weight excluding hydrogens is 558 g/mol. The Bertz CT molecular complexity index is 1400. The van der Waals surface area contributed by atoms with Crippen molar-refractivity contribution in [3.8, 4) is 11.5 Å². The van der Waals surface area contributed by atoms with Crippen molar-refractivity contribution in [2.75, 3.05) is 44.6 Å². The summed E-state index contributed by atoms with van der Waals surface area (Å²) in [5, 5.41) is 9.25. The van der Waals surface area contributed by atoms with E-state index in [9.17, 15) is 14.4 Å². The highest BCUT2D eigenvalue weighted by molar-refractivity contribution is 7.08. The standard InChI is InChI=1S/C30H37N5O6S/c1-30(2,3)41-29(38)33-24-18-42-17-21(24)13-25(36)23-9-7-20(15-31-23)16-35(12-6-11-34(4)5)28(37)32-22-8-10-26-27(14-22)40-19-39-26/h7-10,14-15,17-18H,6,11-13,16,19H2,1-5H3,(H,32,37)(H,33,38). The number of hydrogen-bond acceptors (Lipinski definition) is 9. The summed E-state index contributed by atoms with van der Waals surface area (Å²) in [5.41, 5.74) is 2.30. The van der Waals surface area contributed by atoms with Gasteiger partial charge in [0.15, 0.2) is 17.3 Å². The Balaban J connectivity index is 1.38. The molecule has 0 aliphatic carbocycles. The zero-order valence-corrected chi connectivity index (χ0v) is 25.4. The van der Waals surface area contributed by atoms with Crippen LogP contribution in [0.15, 0.2) is 47.3 Å². The van der Waals surface area contributed by atoms with Crippen LogP contribution in [0.1, 0.15) is 48.8 Å². The summed E-state index contributed by atoms with van der Waals surface area (Å²) in [5.74, 6) is 1.05. The lowest BCUT2D eigenvalue weighted by Crippen LogP contribution is -2.36. The second-order valence-electron chi connectivity index (χ2n) is 11.2. The molecule has 0 spiro atoms. The first-order chi connectivity index (χ1) is 20.0. The van der Waals surface area contributed by atoms with Gasteiger partial charge < -0.3 is 29.3 Å². The third kappa shape index (κ3) is 8.92. The summed E-state index contributed by atoms with van der Waals surface area (Å²) >= 11 is 1.39. The lowest BCUT2D eigenvalue weighted by molar-refractivity contribution is 0.0635. The van der Waals surface area contributed by atoms with Gasteiger partial charge in [-0.25, -0.2) is 9.59 Å². The molecule has 0 radical (unpaired) electrons. The van der Waals surface area contributed by atoms with Crippen LogP contribution in [0.25, 0.3) is 0 Å². The third-order valence-corrected chi connectivity index (χ3v) is 6.95. The van der Waals surface area contributed by atoms with E-state index in [1.165, 1.54) is 11.3 Å². The molecule has 0 unspecified atom stereocenters. The summed E-state index contributed by atoms with van der Waals surface area (Å²) < 4.78 is 16.1. The maximum atomic E-state index is 13.2. The number of urea groups is 1. The van der Waals surface area contributed by atoms with Gasteiger partial charge in [0.1, 0.15) is 11.3 Å². The fraction of sp³-hybridized carbons (Fsp3) is 0.400. The number of carbonyl (C=O) groups is 3. The van der Waals surface area contributed by atoms with Gasteiger partial charge >= 0.3 is 12.1 Å². The van der Waals surface area contributed by atoms with Crippen LogP contribution in [0.5, 0.6) is 11.5 Å². The van der Waals surface area contributed by atoms with Gasteiger partial charge in [-0.3, -0.25) is 15.1 Å². The van der Waals surface area contributed by atoms with Gasteiger partial charge in [-0.1, -0.05) is 6.07 Å². The molecule has 0 fully saturated rings. The summed E-state index contributed by atoms with van der Waals surface area (Å²) in [6, 6.07) is 8.49. The second kappa shape index (κ2) is 13.7. The highest BCUT2D eigenvalue weighted by Gasteiger charge is 2.20. The van der Waals surface area contributed by atoms with Crippen LogP contribution in [0.2, 0.25) is 0 Å². The number of hydrogen-bond donors (Lipinski definition) is 2. The summed E-state index contributed by atoms with van der Waals surface area (Å²) in [4.78, 5) is 46.6. The van der Waals surface area contributed by atoms with E-state index in [1.807, 2.05) is 19.5 Å². The number of pyridine rings is 1. The Morgan fingerprint density at radius 2 is 1.81 bits per heavy atom. The molecule has 3 amide bonds. The van der Waals surface area contributed by atoms with Gasteiger partial charge in [0.2, 0.25) is 6.79 Å². The molecule has 0 saturated heterocycles. The van der Waals surface area contributed by atoms with Crippen LogP contribution in [-0.4, -0.2) is 72.3 Å². The number of ether oxygens (including phenoxy) is 3. The topological polar surface area (TPSA) is 122 Å². The molecule has 11 nitrogen and oxygen atoms in total. The van der Waals surface area contributed by atoms with E-state index < -0.39 is 11.7 Å². The van der Waals surface area contributed by atoms with E-state index >= 15 is 0 Å². The lowest BCUT2D eigenvalue weighted by Gasteiger charge is -2.24. The quantitative estimate of drug-likeness (QED) is 0.274. The molecule has 3 aromatic rings. The highest BCUT2D eigenvalue weighted by atomic mass is 32.1. The van der Waals surface area contributed by atoms with Crippen LogP contribution in [0, 0.1) is 0 Å². The normalized spacial score (nSPS) is 12.2. The average molecular weight is 596 g/mol. The van der Waals surface area contributed by atoms with Crippen LogP contribution in [0.3, 0.4) is 0 Å².